The maximum atomic E-state index is 14.0. The Bertz CT molecular complexity index is 835. The molecule has 1 aromatic heterocycles. The van der Waals surface area contributed by atoms with Crippen LogP contribution < -0.4 is 5.32 Å². The maximum absolute atomic E-state index is 14.0. The van der Waals surface area contributed by atoms with E-state index in [0.717, 1.165) is 0 Å². The molecule has 1 aliphatic heterocycles. The van der Waals surface area contributed by atoms with Gasteiger partial charge >= 0.3 is 0 Å². The van der Waals surface area contributed by atoms with E-state index in [1.54, 1.807) is 13.2 Å². The number of halogens is 2. The van der Waals surface area contributed by atoms with Gasteiger partial charge in [0.15, 0.2) is 5.69 Å². The highest BCUT2D eigenvalue weighted by molar-refractivity contribution is 6.31. The Balaban J connectivity index is 1.70. The number of nitrogens with zero attached hydrogens (tertiary/aromatic N) is 3. The van der Waals surface area contributed by atoms with Gasteiger partial charge in [-0.25, -0.2) is 4.39 Å². The van der Waals surface area contributed by atoms with Gasteiger partial charge < -0.3 is 15.0 Å². The quantitative estimate of drug-likeness (QED) is 0.730. The molecule has 3 rings (SSSR count). The topological polar surface area (TPSA) is 76.5 Å². The Labute approximate surface area is 161 Å². The number of carbonyl (C=O) groups is 2. The van der Waals surface area contributed by atoms with Crippen molar-refractivity contribution < 1.29 is 18.7 Å². The predicted molar refractivity (Wildman–Crippen MR) is 97.2 cm³/mol. The van der Waals surface area contributed by atoms with E-state index in [-0.39, 0.29) is 34.6 Å². The van der Waals surface area contributed by atoms with Gasteiger partial charge in [0.1, 0.15) is 11.5 Å². The summed E-state index contributed by atoms with van der Waals surface area (Å²) < 4.78 is 20.4. The van der Waals surface area contributed by atoms with E-state index in [4.69, 9.17) is 16.3 Å². The molecule has 0 saturated carbocycles. The lowest BCUT2D eigenvalue weighted by Crippen LogP contribution is -2.40. The number of aromatic nitrogens is 2. The molecule has 0 fully saturated rings. The zero-order chi connectivity index (χ0) is 19.4. The van der Waals surface area contributed by atoms with Gasteiger partial charge in [-0.05, 0) is 18.6 Å². The molecule has 0 saturated heterocycles. The first-order chi connectivity index (χ1) is 13.0. The van der Waals surface area contributed by atoms with Crippen LogP contribution in [0.25, 0.3) is 0 Å². The van der Waals surface area contributed by atoms with Crippen molar-refractivity contribution >= 4 is 23.4 Å². The van der Waals surface area contributed by atoms with Crippen molar-refractivity contribution in [1.29, 1.82) is 0 Å². The summed E-state index contributed by atoms with van der Waals surface area (Å²) in [6.45, 7) is 1.85. The number of amides is 2. The van der Waals surface area contributed by atoms with Crippen LogP contribution in [0.2, 0.25) is 5.02 Å². The molecule has 1 N–H and O–H groups in total. The Hall–Kier alpha value is -2.45. The lowest BCUT2D eigenvalue weighted by Gasteiger charge is -2.27. The first-order valence-electron chi connectivity index (χ1n) is 8.58. The summed E-state index contributed by atoms with van der Waals surface area (Å²) in [4.78, 5) is 26.4. The largest absolute Gasteiger partial charge is 0.385 e. The number of methoxy groups -OCH3 is 1. The van der Waals surface area contributed by atoms with E-state index in [2.05, 4.69) is 10.4 Å². The highest BCUT2D eigenvalue weighted by Crippen LogP contribution is 2.23. The zero-order valence-corrected chi connectivity index (χ0v) is 15.6. The molecule has 2 amide bonds. The van der Waals surface area contributed by atoms with E-state index in [1.165, 1.54) is 27.8 Å². The molecule has 0 atom stereocenters. The van der Waals surface area contributed by atoms with Crippen molar-refractivity contribution in [2.75, 3.05) is 26.8 Å². The highest BCUT2D eigenvalue weighted by Gasteiger charge is 2.28. The van der Waals surface area contributed by atoms with Crippen molar-refractivity contribution in [1.82, 2.24) is 20.0 Å². The van der Waals surface area contributed by atoms with Gasteiger partial charge in [-0.15, -0.1) is 0 Å². The second kappa shape index (κ2) is 8.49. The fourth-order valence-electron chi connectivity index (χ4n) is 2.88. The number of benzene rings is 1. The summed E-state index contributed by atoms with van der Waals surface area (Å²) in [5.74, 6) is -1.11. The number of hydrogen-bond donors (Lipinski definition) is 1. The molecule has 0 radical (unpaired) electrons. The normalized spacial score (nSPS) is 13.6. The molecule has 0 unspecified atom stereocenters. The van der Waals surface area contributed by atoms with Crippen LogP contribution in [0.3, 0.4) is 0 Å². The number of carbonyl (C=O) groups excluding carboxylic acids is 2. The van der Waals surface area contributed by atoms with Gasteiger partial charge in [0.25, 0.3) is 11.8 Å². The summed E-state index contributed by atoms with van der Waals surface area (Å²) in [5.41, 5.74) is 0.758. The van der Waals surface area contributed by atoms with Crippen molar-refractivity contribution in [3.05, 3.63) is 52.1 Å². The molecule has 2 heterocycles. The van der Waals surface area contributed by atoms with E-state index in [0.29, 0.717) is 38.4 Å². The minimum Gasteiger partial charge on any atom is -0.385 e. The van der Waals surface area contributed by atoms with Crippen LogP contribution in [-0.4, -0.2) is 53.3 Å². The SMILES string of the molecule is COCCCNC(=O)c1cc2n(n1)CCN(Cc1c(F)cccc1Cl)C2=O. The molecule has 27 heavy (non-hydrogen) atoms. The van der Waals surface area contributed by atoms with E-state index < -0.39 is 5.82 Å². The molecule has 1 aromatic carbocycles. The van der Waals surface area contributed by atoms with Crippen molar-refractivity contribution in [2.45, 2.75) is 19.5 Å². The lowest BCUT2D eigenvalue weighted by molar-refractivity contribution is 0.0681. The van der Waals surface area contributed by atoms with Crippen molar-refractivity contribution in [2.24, 2.45) is 0 Å². The fourth-order valence-corrected chi connectivity index (χ4v) is 3.11. The van der Waals surface area contributed by atoms with Gasteiger partial charge in [0.05, 0.1) is 13.1 Å². The third-order valence-electron chi connectivity index (χ3n) is 4.32. The summed E-state index contributed by atoms with van der Waals surface area (Å²) >= 11 is 6.06. The third kappa shape index (κ3) is 4.28. The molecular formula is C18H20ClFN4O3. The Morgan fingerprint density at radius 1 is 1.41 bits per heavy atom. The third-order valence-corrected chi connectivity index (χ3v) is 4.68. The molecule has 0 aliphatic carbocycles. The summed E-state index contributed by atoms with van der Waals surface area (Å²) in [6, 6.07) is 5.88. The average molecular weight is 395 g/mol. The molecule has 1 aliphatic rings. The molecule has 144 valence electrons. The molecule has 0 bridgehead atoms. The van der Waals surface area contributed by atoms with Gasteiger partial charge in [-0.2, -0.15) is 5.10 Å². The van der Waals surface area contributed by atoms with Crippen LogP contribution in [-0.2, 0) is 17.8 Å². The minimum atomic E-state index is -0.453. The van der Waals surface area contributed by atoms with Crippen LogP contribution >= 0.6 is 11.6 Å². The average Bonchev–Trinajstić information content (AvgIpc) is 3.09. The number of nitrogens with one attached hydrogen (secondary N) is 1. The van der Waals surface area contributed by atoms with E-state index in [1.807, 2.05) is 0 Å². The maximum Gasteiger partial charge on any atom is 0.272 e. The molecule has 9 heteroatoms. The van der Waals surface area contributed by atoms with Gasteiger partial charge in [-0.1, -0.05) is 17.7 Å². The van der Waals surface area contributed by atoms with Gasteiger partial charge in [0.2, 0.25) is 0 Å². The second-order valence-electron chi connectivity index (χ2n) is 6.17. The monoisotopic (exact) mass is 394 g/mol. The van der Waals surface area contributed by atoms with E-state index >= 15 is 0 Å². The molecule has 2 aromatic rings. The summed E-state index contributed by atoms with van der Waals surface area (Å²) in [5, 5.41) is 7.22. The lowest BCUT2D eigenvalue weighted by atomic mass is 10.1. The number of hydrogen-bond acceptors (Lipinski definition) is 4. The smallest absolute Gasteiger partial charge is 0.272 e. The zero-order valence-electron chi connectivity index (χ0n) is 14.9. The van der Waals surface area contributed by atoms with Crippen LogP contribution in [0.5, 0.6) is 0 Å². The summed E-state index contributed by atoms with van der Waals surface area (Å²) in [7, 11) is 1.59. The fraction of sp³-hybridized carbons (Fsp3) is 0.389. The first kappa shape index (κ1) is 19.3. The first-order valence-corrected chi connectivity index (χ1v) is 8.96. The van der Waals surface area contributed by atoms with Crippen LogP contribution in [0.1, 0.15) is 33.0 Å². The number of rotatable bonds is 7. The second-order valence-corrected chi connectivity index (χ2v) is 6.57. The van der Waals surface area contributed by atoms with Crippen LogP contribution in [0, 0.1) is 5.82 Å². The van der Waals surface area contributed by atoms with Crippen LogP contribution in [0.4, 0.5) is 4.39 Å². The standard InChI is InChI=1S/C18H20ClFN4O3/c1-27-9-3-6-21-17(25)15-10-16-18(26)23(7-8-24(16)22-15)11-12-13(19)4-2-5-14(12)20/h2,4-5,10H,3,6-9,11H2,1H3,(H,21,25). The molecule has 7 nitrogen and oxygen atoms in total. The van der Waals surface area contributed by atoms with E-state index in [9.17, 15) is 14.0 Å². The number of ether oxygens (including phenoxy) is 1. The van der Waals surface area contributed by atoms with Crippen molar-refractivity contribution in [3.8, 4) is 0 Å². The van der Waals surface area contributed by atoms with Crippen LogP contribution in [0.15, 0.2) is 24.3 Å². The highest BCUT2D eigenvalue weighted by atomic mass is 35.5. The van der Waals surface area contributed by atoms with Gasteiger partial charge in [-0.3, -0.25) is 14.3 Å². The Kier molecular flexibility index (Phi) is 6.08. The number of fused-ring (bicyclic) bond motifs is 1. The molecular weight excluding hydrogens is 375 g/mol. The Morgan fingerprint density at radius 3 is 2.96 bits per heavy atom. The van der Waals surface area contributed by atoms with Crippen molar-refractivity contribution in [3.63, 3.8) is 0 Å². The Morgan fingerprint density at radius 2 is 2.22 bits per heavy atom. The predicted octanol–water partition coefficient (Wildman–Crippen LogP) is 2.10. The minimum absolute atomic E-state index is 0.0636. The molecule has 0 spiro atoms. The summed E-state index contributed by atoms with van der Waals surface area (Å²) in [6.07, 6.45) is 0.686. The van der Waals surface area contributed by atoms with Gasteiger partial charge in [0, 0.05) is 43.5 Å².